The van der Waals surface area contributed by atoms with E-state index in [1.165, 1.54) is 9.58 Å². The van der Waals surface area contributed by atoms with Gasteiger partial charge in [0.15, 0.2) is 5.82 Å². The van der Waals surface area contributed by atoms with E-state index in [-0.39, 0.29) is 0 Å². The molecule has 0 aromatic carbocycles. The number of pyridine rings is 4. The van der Waals surface area contributed by atoms with Gasteiger partial charge in [-0.15, -0.1) is 11.3 Å². The molecule has 0 fully saturated rings. The average Bonchev–Trinajstić information content (AvgIpc) is 3.75. The molecular formula is C31H33N11OS. The summed E-state index contributed by atoms with van der Waals surface area (Å²) in [6, 6.07) is 13.5. The second-order valence-electron chi connectivity index (χ2n) is 9.95. The van der Waals surface area contributed by atoms with Crippen molar-refractivity contribution in [2.75, 3.05) is 22.9 Å². The first-order chi connectivity index (χ1) is 21.1. The number of hydrogen-bond acceptors (Lipinski definition) is 11. The molecule has 0 atom stereocenters. The number of aryl methyl sites for hydroxylation is 4. The predicted molar refractivity (Wildman–Crippen MR) is 180 cm³/mol. The zero-order valence-corrected chi connectivity index (χ0v) is 25.5. The number of fused-ring (bicyclic) bond motifs is 4. The molecule has 0 spiro atoms. The molecular weight excluding hydrogens is 574 g/mol. The number of furan rings is 1. The van der Waals surface area contributed by atoms with Gasteiger partial charge in [0.2, 0.25) is 0 Å². The number of nitrogens with two attached hydrogens (primary N) is 4. The molecule has 0 saturated carbocycles. The van der Waals surface area contributed by atoms with E-state index in [0.29, 0.717) is 23.3 Å². The average molecular weight is 608 g/mol. The Kier molecular flexibility index (Phi) is 8.58. The minimum absolute atomic E-state index is 0.479. The van der Waals surface area contributed by atoms with Crippen molar-refractivity contribution in [3.05, 3.63) is 89.4 Å². The van der Waals surface area contributed by atoms with Crippen LogP contribution in [0.2, 0.25) is 0 Å². The highest BCUT2D eigenvalue weighted by atomic mass is 32.1. The third-order valence-electron chi connectivity index (χ3n) is 6.46. The third kappa shape index (κ3) is 6.68. The second kappa shape index (κ2) is 12.7. The fourth-order valence-electron chi connectivity index (χ4n) is 4.52. The minimum atomic E-state index is 0.479. The summed E-state index contributed by atoms with van der Waals surface area (Å²) in [4.78, 5) is 27.5. The van der Waals surface area contributed by atoms with Gasteiger partial charge in [-0.05, 0) is 70.2 Å². The maximum Gasteiger partial charge on any atom is 0.151 e. The second-order valence-corrected chi connectivity index (χ2v) is 11.2. The van der Waals surface area contributed by atoms with Crippen LogP contribution in [0.1, 0.15) is 22.2 Å². The van der Waals surface area contributed by atoms with E-state index in [4.69, 9.17) is 27.4 Å². The summed E-state index contributed by atoms with van der Waals surface area (Å²) in [5.74, 6) is 3.95. The summed E-state index contributed by atoms with van der Waals surface area (Å²) in [6.07, 6.45) is 6.75. The van der Waals surface area contributed by atoms with Crippen LogP contribution in [0, 0.1) is 27.7 Å². The lowest BCUT2D eigenvalue weighted by atomic mass is 10.3. The minimum Gasteiger partial charge on any atom is -0.461 e. The molecule has 0 aliphatic heterocycles. The van der Waals surface area contributed by atoms with E-state index in [9.17, 15) is 0 Å². The van der Waals surface area contributed by atoms with Gasteiger partial charge in [0, 0.05) is 50.8 Å². The molecule has 0 bridgehead atoms. The lowest BCUT2D eigenvalue weighted by molar-refractivity contribution is 0.578. The highest BCUT2D eigenvalue weighted by Gasteiger charge is 2.04. The number of nitrogens with one attached hydrogen (secondary N) is 2. The van der Waals surface area contributed by atoms with Crippen molar-refractivity contribution in [3.8, 4) is 0 Å². The quantitative estimate of drug-likeness (QED) is 0.115. The van der Waals surface area contributed by atoms with Gasteiger partial charge in [-0.25, -0.2) is 24.9 Å². The van der Waals surface area contributed by atoms with Crippen LogP contribution in [0.15, 0.2) is 71.7 Å². The van der Waals surface area contributed by atoms with Crippen molar-refractivity contribution in [2.24, 2.45) is 0 Å². The van der Waals surface area contributed by atoms with E-state index in [1.54, 1.807) is 42.2 Å². The molecule has 8 aromatic rings. The Morgan fingerprint density at radius 2 is 1.25 bits per heavy atom. The lowest BCUT2D eigenvalue weighted by Gasteiger charge is -1.91. The van der Waals surface area contributed by atoms with Gasteiger partial charge in [0.25, 0.3) is 0 Å². The first kappa shape index (κ1) is 29.8. The van der Waals surface area contributed by atoms with Gasteiger partial charge in [-0.1, -0.05) is 0 Å². The molecule has 8 heterocycles. The first-order valence-electron chi connectivity index (χ1n) is 13.6. The topological polar surface area (TPSA) is 213 Å². The van der Waals surface area contributed by atoms with Crippen LogP contribution >= 0.6 is 11.3 Å². The van der Waals surface area contributed by atoms with Crippen molar-refractivity contribution >= 4 is 77.6 Å². The fraction of sp³-hybridized carbons (Fsp3) is 0.129. The standard InChI is InChI=1S/C8H9N3.C8H8N2O.C8H8N2S.C7H8N4/c3*1-5-4-6-7(11-5)2-3-10-8(6)9;1-4-10-5-2-3-9-7(8)6(5)11-4/h2-4,11H,1H3,(H2,9,10);2*2-4H,1H3,(H2,9,10);2-3H,1H3,(H2,8,9)(H,10,11). The molecule has 0 amide bonds. The van der Waals surface area contributed by atoms with Crippen LogP contribution in [0.4, 0.5) is 23.3 Å². The van der Waals surface area contributed by atoms with E-state index in [2.05, 4.69) is 47.9 Å². The molecule has 12 nitrogen and oxygen atoms in total. The summed E-state index contributed by atoms with van der Waals surface area (Å²) < 4.78 is 6.55. The number of hydrogen-bond donors (Lipinski definition) is 6. The van der Waals surface area contributed by atoms with Crippen LogP contribution < -0.4 is 22.9 Å². The van der Waals surface area contributed by atoms with Crippen molar-refractivity contribution < 1.29 is 4.42 Å². The third-order valence-corrected chi connectivity index (χ3v) is 7.48. The first-order valence-corrected chi connectivity index (χ1v) is 14.4. The monoisotopic (exact) mass is 607 g/mol. The molecule has 0 unspecified atom stereocenters. The van der Waals surface area contributed by atoms with Crippen molar-refractivity contribution in [2.45, 2.75) is 27.7 Å². The maximum absolute atomic E-state index is 5.67. The summed E-state index contributed by atoms with van der Waals surface area (Å²) in [5, 5.41) is 2.98. The summed E-state index contributed by atoms with van der Waals surface area (Å²) in [7, 11) is 0. The van der Waals surface area contributed by atoms with Crippen LogP contribution in [0.3, 0.4) is 0 Å². The smallest absolute Gasteiger partial charge is 0.151 e. The van der Waals surface area contributed by atoms with E-state index in [0.717, 1.165) is 55.6 Å². The molecule has 0 radical (unpaired) electrons. The molecule has 8 rings (SSSR count). The molecule has 0 aliphatic rings. The van der Waals surface area contributed by atoms with Gasteiger partial charge in [0.05, 0.1) is 16.4 Å². The zero-order valence-electron chi connectivity index (χ0n) is 24.7. The molecule has 0 aliphatic carbocycles. The van der Waals surface area contributed by atoms with Gasteiger partial charge < -0.3 is 37.3 Å². The van der Waals surface area contributed by atoms with Gasteiger partial charge in [0.1, 0.15) is 40.1 Å². The molecule has 224 valence electrons. The van der Waals surface area contributed by atoms with Crippen LogP contribution in [0.25, 0.3) is 43.0 Å². The Balaban J connectivity index is 0.000000116. The maximum atomic E-state index is 5.67. The number of nitrogen functional groups attached to an aromatic ring is 4. The predicted octanol–water partition coefficient (Wildman–Crippen LogP) is 6.21. The van der Waals surface area contributed by atoms with Crippen molar-refractivity contribution in [3.63, 3.8) is 0 Å². The number of aromatic nitrogens is 7. The van der Waals surface area contributed by atoms with E-state index < -0.39 is 0 Å². The largest absolute Gasteiger partial charge is 0.461 e. The Bertz CT molecular complexity index is 1880. The van der Waals surface area contributed by atoms with Crippen molar-refractivity contribution in [1.29, 1.82) is 0 Å². The normalized spacial score (nSPS) is 10.6. The highest BCUT2D eigenvalue weighted by Crippen LogP contribution is 2.27. The van der Waals surface area contributed by atoms with E-state index >= 15 is 0 Å². The molecule has 8 aromatic heterocycles. The Labute approximate surface area is 256 Å². The zero-order chi connectivity index (χ0) is 31.4. The molecule has 10 N–H and O–H groups in total. The number of H-pyrrole nitrogens is 2. The molecule has 13 heteroatoms. The van der Waals surface area contributed by atoms with Gasteiger partial charge >= 0.3 is 0 Å². The molecule has 0 saturated heterocycles. The number of anilines is 4. The summed E-state index contributed by atoms with van der Waals surface area (Å²) in [5.41, 5.74) is 27.1. The van der Waals surface area contributed by atoms with Crippen LogP contribution in [-0.4, -0.2) is 34.9 Å². The highest BCUT2D eigenvalue weighted by molar-refractivity contribution is 7.19. The van der Waals surface area contributed by atoms with Gasteiger partial charge in [-0.3, -0.25) is 0 Å². The van der Waals surface area contributed by atoms with Crippen LogP contribution in [0.5, 0.6) is 0 Å². The summed E-state index contributed by atoms with van der Waals surface area (Å²) >= 11 is 1.75. The summed E-state index contributed by atoms with van der Waals surface area (Å²) in [6.45, 7) is 7.85. The van der Waals surface area contributed by atoms with Crippen molar-refractivity contribution in [1.82, 2.24) is 34.9 Å². The fourth-order valence-corrected chi connectivity index (χ4v) is 5.44. The Morgan fingerprint density at radius 1 is 0.636 bits per heavy atom. The SMILES string of the molecule is Cc1cc2c(N)nccc2[nH]1.Cc1cc2c(N)nccc2o1.Cc1cc2c(N)nccc2s1.Cc1nc2c(N)nccc2[nH]1. The lowest BCUT2D eigenvalue weighted by Crippen LogP contribution is -1.89. The number of nitrogens with zero attached hydrogens (tertiary/aromatic N) is 5. The number of aromatic amines is 2. The molecule has 44 heavy (non-hydrogen) atoms. The number of rotatable bonds is 0. The van der Waals surface area contributed by atoms with Gasteiger partial charge in [-0.2, -0.15) is 0 Å². The number of imidazole rings is 1. The Hall–Kier alpha value is -5.69. The van der Waals surface area contributed by atoms with Crippen LogP contribution in [-0.2, 0) is 0 Å². The van der Waals surface area contributed by atoms with E-state index in [1.807, 2.05) is 51.1 Å². The Morgan fingerprint density at radius 3 is 1.91 bits per heavy atom. The number of thiophene rings is 1.